The zero-order valence-electron chi connectivity index (χ0n) is 29.9. The number of carbonyl (C=O) groups is 3. The van der Waals surface area contributed by atoms with Gasteiger partial charge in [-0.25, -0.2) is 4.39 Å². The lowest BCUT2D eigenvalue weighted by Gasteiger charge is -2.53. The number of fused-ring (bicyclic) bond motifs is 2. The zero-order valence-corrected chi connectivity index (χ0v) is 29.9. The summed E-state index contributed by atoms with van der Waals surface area (Å²) < 4.78 is 19.3. The number of nitrogens with zero attached hydrogens (tertiary/aromatic N) is 6. The van der Waals surface area contributed by atoms with Gasteiger partial charge in [0.05, 0.1) is 23.3 Å². The van der Waals surface area contributed by atoms with Gasteiger partial charge < -0.3 is 25.0 Å². The molecular formula is C39H47FN8O3. The van der Waals surface area contributed by atoms with Crippen LogP contribution < -0.4 is 10.6 Å². The van der Waals surface area contributed by atoms with Gasteiger partial charge in [0.1, 0.15) is 11.5 Å². The molecule has 2 aromatic heterocycles. The Morgan fingerprint density at radius 2 is 1.71 bits per heavy atom. The monoisotopic (exact) mass is 694 g/mol. The summed E-state index contributed by atoms with van der Waals surface area (Å²) in [5.74, 6) is -0.936. The molecule has 51 heavy (non-hydrogen) atoms. The molecule has 2 aliphatic heterocycles. The van der Waals surface area contributed by atoms with Crippen LogP contribution in [0, 0.1) is 12.7 Å². The van der Waals surface area contributed by atoms with Crippen LogP contribution in [0.3, 0.4) is 0 Å². The van der Waals surface area contributed by atoms with Crippen LogP contribution in [-0.2, 0) is 25.2 Å². The van der Waals surface area contributed by atoms with Gasteiger partial charge in [0.2, 0.25) is 0 Å². The van der Waals surface area contributed by atoms with Crippen molar-refractivity contribution in [3.05, 3.63) is 106 Å². The van der Waals surface area contributed by atoms with Crippen molar-refractivity contribution in [2.45, 2.75) is 70.2 Å². The highest BCUT2D eigenvalue weighted by molar-refractivity contribution is 6.05. The summed E-state index contributed by atoms with van der Waals surface area (Å²) in [4.78, 5) is 45.0. The number of piperidine rings is 1. The number of benzene rings is 2. The Hall–Kier alpha value is -4.81. The maximum atomic E-state index is 15.2. The first kappa shape index (κ1) is 34.6. The quantitative estimate of drug-likeness (QED) is 0.250. The second-order valence-electron chi connectivity index (χ2n) is 14.5. The largest absolute Gasteiger partial charge is 0.347 e. The van der Waals surface area contributed by atoms with E-state index in [-0.39, 0.29) is 29.1 Å². The molecule has 1 saturated heterocycles. The third-order valence-corrected chi connectivity index (χ3v) is 11.1. The topological polar surface area (TPSA) is 108 Å². The average molecular weight is 695 g/mol. The van der Waals surface area contributed by atoms with Crippen LogP contribution in [0.25, 0.3) is 0 Å². The summed E-state index contributed by atoms with van der Waals surface area (Å²) in [5.41, 5.74) is 5.42. The Bertz CT molecular complexity index is 1940. The third-order valence-electron chi connectivity index (χ3n) is 11.1. The molecule has 0 atom stereocenters. The molecule has 0 bridgehead atoms. The number of rotatable bonds is 9. The van der Waals surface area contributed by atoms with E-state index in [4.69, 9.17) is 0 Å². The average Bonchev–Trinajstić information content (AvgIpc) is 3.71. The molecule has 1 spiro atoms. The maximum Gasteiger partial charge on any atom is 0.268 e. The van der Waals surface area contributed by atoms with Gasteiger partial charge in [-0.3, -0.25) is 24.0 Å². The number of carbonyl (C=O) groups excluding carboxylic acids is 3. The molecule has 11 nitrogen and oxygen atoms in total. The van der Waals surface area contributed by atoms with Gasteiger partial charge in [0.25, 0.3) is 17.7 Å². The summed E-state index contributed by atoms with van der Waals surface area (Å²) in [6, 6.07) is 16.5. The predicted octanol–water partition coefficient (Wildman–Crippen LogP) is 5.18. The molecule has 0 radical (unpaired) electrons. The van der Waals surface area contributed by atoms with Crippen LogP contribution in [-0.4, -0.2) is 87.5 Å². The smallest absolute Gasteiger partial charge is 0.268 e. The van der Waals surface area contributed by atoms with Crippen LogP contribution >= 0.6 is 0 Å². The maximum absolute atomic E-state index is 15.2. The van der Waals surface area contributed by atoms with E-state index in [0.717, 1.165) is 62.1 Å². The lowest BCUT2D eigenvalue weighted by atomic mass is 9.71. The fraction of sp³-hybridized carbons (Fsp3) is 0.436. The third kappa shape index (κ3) is 6.70. The molecule has 268 valence electrons. The standard InChI is InChI=1S/C39H47FN8O3/c1-26-32(24-42-48(26)31-14-18-45(4)19-15-31)36(49)43-30-10-6-27(7-11-30)23-41-37(50)34-12-13-35-39(16-5-17-39)46(20-21-47(34)35)25-29-9-8-28(22-33(29)40)38(51)44(2)3/h6-13,22,24,31H,5,14-21,23,25H2,1-4H3,(H,41,50)(H,43,49). The van der Waals surface area contributed by atoms with Crippen LogP contribution in [0.1, 0.15) is 91.9 Å². The molecule has 7 rings (SSSR count). The lowest BCUT2D eigenvalue weighted by Crippen LogP contribution is -2.56. The molecule has 4 heterocycles. The fourth-order valence-corrected chi connectivity index (χ4v) is 7.93. The van der Waals surface area contributed by atoms with Crippen molar-refractivity contribution in [3.8, 4) is 0 Å². The Morgan fingerprint density at radius 1 is 0.961 bits per heavy atom. The van der Waals surface area contributed by atoms with Crippen LogP contribution in [0.4, 0.5) is 10.1 Å². The summed E-state index contributed by atoms with van der Waals surface area (Å²) in [6.07, 6.45) is 6.66. The minimum absolute atomic E-state index is 0.147. The molecular weight excluding hydrogens is 647 g/mol. The second kappa shape index (κ2) is 14.1. The number of likely N-dealkylation sites (tertiary alicyclic amines) is 1. The first-order valence-electron chi connectivity index (χ1n) is 17.9. The number of anilines is 1. The van der Waals surface area contributed by atoms with E-state index in [2.05, 4.69) is 37.1 Å². The molecule has 3 amide bonds. The van der Waals surface area contributed by atoms with Crippen molar-refractivity contribution in [1.29, 1.82) is 0 Å². The van der Waals surface area contributed by atoms with Gasteiger partial charge >= 0.3 is 0 Å². The molecule has 1 saturated carbocycles. The van der Waals surface area contributed by atoms with Crippen molar-refractivity contribution in [1.82, 2.24) is 34.4 Å². The summed E-state index contributed by atoms with van der Waals surface area (Å²) in [5, 5.41) is 10.6. The predicted molar refractivity (Wildman–Crippen MR) is 193 cm³/mol. The van der Waals surface area contributed by atoms with Crippen molar-refractivity contribution >= 4 is 23.4 Å². The van der Waals surface area contributed by atoms with E-state index in [1.54, 1.807) is 32.4 Å². The van der Waals surface area contributed by atoms with Crippen LogP contribution in [0.15, 0.2) is 60.8 Å². The zero-order chi connectivity index (χ0) is 35.9. The van der Waals surface area contributed by atoms with Gasteiger partial charge in [0, 0.05) is 68.5 Å². The molecule has 3 aliphatic rings. The summed E-state index contributed by atoms with van der Waals surface area (Å²) >= 11 is 0. The van der Waals surface area contributed by atoms with Crippen molar-refractivity contribution in [3.63, 3.8) is 0 Å². The molecule has 2 fully saturated rings. The highest BCUT2D eigenvalue weighted by Crippen LogP contribution is 2.49. The Kier molecular flexibility index (Phi) is 9.56. The van der Waals surface area contributed by atoms with Crippen molar-refractivity contribution < 1.29 is 18.8 Å². The first-order valence-corrected chi connectivity index (χ1v) is 17.9. The van der Waals surface area contributed by atoms with Gasteiger partial charge in [-0.05, 0) is 101 Å². The van der Waals surface area contributed by atoms with Crippen molar-refractivity contribution in [2.24, 2.45) is 0 Å². The van der Waals surface area contributed by atoms with Gasteiger partial charge in [-0.2, -0.15) is 5.10 Å². The van der Waals surface area contributed by atoms with Crippen LogP contribution in [0.2, 0.25) is 0 Å². The van der Waals surface area contributed by atoms with E-state index in [1.807, 2.05) is 48.0 Å². The number of hydrogen-bond acceptors (Lipinski definition) is 6. The molecule has 12 heteroatoms. The second-order valence-corrected chi connectivity index (χ2v) is 14.5. The fourth-order valence-electron chi connectivity index (χ4n) is 7.93. The number of halogens is 1. The number of amides is 3. The molecule has 2 aromatic carbocycles. The number of aromatic nitrogens is 3. The summed E-state index contributed by atoms with van der Waals surface area (Å²) in [7, 11) is 5.44. The van der Waals surface area contributed by atoms with E-state index < -0.39 is 0 Å². The van der Waals surface area contributed by atoms with Gasteiger partial charge in [0.15, 0.2) is 0 Å². The first-order chi connectivity index (χ1) is 24.5. The highest BCUT2D eigenvalue weighted by atomic mass is 19.1. The Morgan fingerprint density at radius 3 is 2.37 bits per heavy atom. The SMILES string of the molecule is Cc1c(C(=O)Nc2ccc(CNC(=O)c3ccc4n3CCN(Cc3ccc(C(=O)N(C)C)cc3F)C43CCC3)cc2)cnn1C1CCN(C)CC1. The van der Waals surface area contributed by atoms with Gasteiger partial charge in [-0.1, -0.05) is 18.2 Å². The van der Waals surface area contributed by atoms with E-state index in [0.29, 0.717) is 60.3 Å². The minimum Gasteiger partial charge on any atom is -0.347 e. The van der Waals surface area contributed by atoms with E-state index in [1.165, 1.54) is 11.0 Å². The van der Waals surface area contributed by atoms with E-state index in [9.17, 15) is 14.4 Å². The Labute approximate surface area is 298 Å². The molecule has 0 unspecified atom stereocenters. The van der Waals surface area contributed by atoms with Gasteiger partial charge in [-0.15, -0.1) is 0 Å². The molecule has 2 N–H and O–H groups in total. The highest BCUT2D eigenvalue weighted by Gasteiger charge is 2.48. The Balaban J connectivity index is 0.960. The number of hydrogen-bond donors (Lipinski definition) is 2. The molecule has 4 aromatic rings. The van der Waals surface area contributed by atoms with Crippen molar-refractivity contribution in [2.75, 3.05) is 46.1 Å². The normalized spacial score (nSPS) is 17.5. The van der Waals surface area contributed by atoms with E-state index >= 15 is 4.39 Å². The lowest BCUT2D eigenvalue weighted by molar-refractivity contribution is -0.0223. The van der Waals surface area contributed by atoms with Crippen LogP contribution in [0.5, 0.6) is 0 Å². The molecule has 1 aliphatic carbocycles. The number of nitrogens with one attached hydrogen (secondary N) is 2. The minimum atomic E-state index is -0.376. The summed E-state index contributed by atoms with van der Waals surface area (Å²) in [6.45, 7) is 6.09.